The van der Waals surface area contributed by atoms with Crippen molar-refractivity contribution < 1.29 is 58.5 Å². The van der Waals surface area contributed by atoms with E-state index in [1.54, 1.807) is 26.0 Å². The zero-order valence-corrected chi connectivity index (χ0v) is 27.0. The van der Waals surface area contributed by atoms with Gasteiger partial charge in [-0.25, -0.2) is 9.18 Å². The summed E-state index contributed by atoms with van der Waals surface area (Å²) in [6.07, 6.45) is 4.72. The number of allylic oxidation sites excluding steroid dienone is 4. The molecule has 3 fully saturated rings. The van der Waals surface area contributed by atoms with E-state index in [1.165, 1.54) is 30.4 Å². The fourth-order valence-corrected chi connectivity index (χ4v) is 8.58. The van der Waals surface area contributed by atoms with Crippen LogP contribution in [0.5, 0.6) is 0 Å². The van der Waals surface area contributed by atoms with Gasteiger partial charge in [-0.2, -0.15) is 0 Å². The summed E-state index contributed by atoms with van der Waals surface area (Å²) in [4.78, 5) is 55.1. The first-order valence-electron chi connectivity index (χ1n) is 16.1. The number of Topliss-reactive ketones (excluding diaryl/α,β-unsaturated/α-hetero) is 1. The Morgan fingerprint density at radius 1 is 1.10 bits per heavy atom. The predicted octanol–water partition coefficient (Wildman–Crippen LogP) is 2.33. The lowest BCUT2D eigenvalue weighted by Crippen LogP contribution is -2.69. The van der Waals surface area contributed by atoms with Gasteiger partial charge in [0.25, 0.3) is 0 Å². The van der Waals surface area contributed by atoms with Gasteiger partial charge in [-0.3, -0.25) is 29.6 Å². The Kier molecular flexibility index (Phi) is 10.1. The Hall–Kier alpha value is -3.37. The molecule has 14 heteroatoms. The summed E-state index contributed by atoms with van der Waals surface area (Å²) < 4.78 is 27.5. The number of carbonyl (C=O) groups excluding carboxylic acids is 4. The number of aliphatic hydroxyl groups is 2. The Balaban J connectivity index is 1.15. The highest BCUT2D eigenvalue weighted by molar-refractivity contribution is 6.01. The van der Waals surface area contributed by atoms with Crippen LogP contribution >= 0.6 is 0 Å². The van der Waals surface area contributed by atoms with Gasteiger partial charge in [0.1, 0.15) is 18.2 Å². The second-order valence-corrected chi connectivity index (χ2v) is 13.8. The molecule has 48 heavy (non-hydrogen) atoms. The Bertz CT molecular complexity index is 1500. The number of ketones is 2. The van der Waals surface area contributed by atoms with E-state index in [2.05, 4.69) is 4.84 Å². The molecule has 0 heterocycles. The minimum Gasteiger partial charge on any atom is -0.460 e. The Morgan fingerprint density at radius 2 is 1.81 bits per heavy atom. The number of fused-ring (bicyclic) bond motifs is 5. The molecule has 5 rings (SSSR count). The van der Waals surface area contributed by atoms with Crippen molar-refractivity contribution in [1.29, 1.82) is 0 Å². The summed E-state index contributed by atoms with van der Waals surface area (Å²) in [5.41, 5.74) is 1.04. The normalized spacial score (nSPS) is 34.5. The Morgan fingerprint density at radius 3 is 2.50 bits per heavy atom. The van der Waals surface area contributed by atoms with Crippen LogP contribution in [0.15, 0.2) is 48.1 Å². The lowest BCUT2D eigenvalue weighted by atomic mass is 9.44. The summed E-state index contributed by atoms with van der Waals surface area (Å²) in [6, 6.07) is 4.99. The molecule has 13 nitrogen and oxygen atoms in total. The van der Waals surface area contributed by atoms with Crippen molar-refractivity contribution in [2.75, 3.05) is 19.8 Å². The van der Waals surface area contributed by atoms with E-state index in [9.17, 15) is 29.4 Å². The zero-order chi connectivity index (χ0) is 35.1. The molecule has 4 unspecified atom stereocenters. The van der Waals surface area contributed by atoms with Crippen molar-refractivity contribution in [3.05, 3.63) is 59.2 Å². The zero-order valence-electron chi connectivity index (χ0n) is 27.0. The molecule has 6 N–H and O–H groups in total. The van der Waals surface area contributed by atoms with Crippen LogP contribution in [0, 0.1) is 22.7 Å². The van der Waals surface area contributed by atoms with Crippen molar-refractivity contribution >= 4 is 23.5 Å². The first-order chi connectivity index (χ1) is 22.6. The van der Waals surface area contributed by atoms with Crippen molar-refractivity contribution in [3.8, 4) is 0 Å². The molecule has 0 saturated heterocycles. The van der Waals surface area contributed by atoms with Crippen molar-refractivity contribution in [2.24, 2.45) is 28.4 Å². The number of benzene rings is 1. The topological polar surface area (TPSA) is 206 Å². The lowest BCUT2D eigenvalue weighted by molar-refractivity contribution is -0.492. The minimum absolute atomic E-state index is 0.00224. The summed E-state index contributed by atoms with van der Waals surface area (Å²) in [7, 11) is 0. The number of nitrogens with two attached hydrogens (primary N) is 1. The first kappa shape index (κ1) is 35.9. The maximum atomic E-state index is 17.2. The summed E-state index contributed by atoms with van der Waals surface area (Å²) in [5, 5.41) is 39.9. The van der Waals surface area contributed by atoms with Crippen molar-refractivity contribution in [2.45, 2.75) is 82.2 Å². The average molecular weight is 675 g/mol. The first-order valence-corrected chi connectivity index (χ1v) is 16.1. The second-order valence-electron chi connectivity index (χ2n) is 13.8. The minimum atomic E-state index is -2.11. The van der Waals surface area contributed by atoms with E-state index in [0.717, 1.165) is 5.56 Å². The maximum absolute atomic E-state index is 17.2. The molecule has 262 valence electrons. The quantitative estimate of drug-likeness (QED) is 0.123. The van der Waals surface area contributed by atoms with Crippen LogP contribution in [0.4, 0.5) is 4.39 Å². The van der Waals surface area contributed by atoms with Crippen molar-refractivity contribution in [1.82, 2.24) is 5.39 Å². The van der Waals surface area contributed by atoms with Gasteiger partial charge in [0.05, 0.1) is 23.7 Å². The molecule has 4 aliphatic carbocycles. The molecular weight excluding hydrogens is 631 g/mol. The van der Waals surface area contributed by atoms with E-state index in [1.807, 2.05) is 0 Å². The number of carbonyl (C=O) groups is 4. The van der Waals surface area contributed by atoms with Crippen LogP contribution in [-0.4, -0.2) is 92.8 Å². The number of nitrogens with zero attached hydrogens (tertiary/aromatic N) is 1. The highest BCUT2D eigenvalue weighted by Crippen LogP contribution is 2.69. The predicted molar refractivity (Wildman–Crippen MR) is 164 cm³/mol. The fraction of sp³-hybridized carbons (Fsp3) is 0.588. The molecular formula is C34H43FN2O11. The number of ether oxygens (including phenoxy) is 2. The Labute approximate surface area is 277 Å². The molecule has 4 aliphatic rings. The smallest absolute Gasteiger partial charge is 0.338 e. The third-order valence-corrected chi connectivity index (χ3v) is 11.3. The molecule has 0 aromatic heterocycles. The van der Waals surface area contributed by atoms with E-state index in [-0.39, 0.29) is 36.2 Å². The van der Waals surface area contributed by atoms with Gasteiger partial charge >= 0.3 is 11.9 Å². The van der Waals surface area contributed by atoms with Gasteiger partial charge < -0.3 is 25.4 Å². The summed E-state index contributed by atoms with van der Waals surface area (Å²) in [5.74, 6) is -3.91. The summed E-state index contributed by atoms with van der Waals surface area (Å²) in [6.45, 7) is 2.09. The number of alkyl halides is 1. The van der Waals surface area contributed by atoms with Crippen LogP contribution in [0.2, 0.25) is 0 Å². The van der Waals surface area contributed by atoms with Gasteiger partial charge in [-0.15, -0.1) is 0 Å². The SMILES string of the molecule is C[C@]12C=CC(=O)C=C1CC[C@H]1C3CCC(O)(C(=O)COC(=O)C(N)COC(=O)c4ccc(CCCON(O)O)cc4)[C@@]3(C)C[C@H](O)C12F. The number of hydrogen-bond acceptors (Lipinski definition) is 13. The van der Waals surface area contributed by atoms with Crippen LogP contribution < -0.4 is 5.73 Å². The number of aryl methyl sites for hydroxylation is 1. The maximum Gasteiger partial charge on any atom is 0.338 e. The van der Waals surface area contributed by atoms with E-state index < -0.39 is 77.0 Å². The third kappa shape index (κ3) is 6.15. The van der Waals surface area contributed by atoms with Gasteiger partial charge in [0.15, 0.2) is 18.1 Å². The molecule has 3 saturated carbocycles. The number of aliphatic hydroxyl groups excluding tert-OH is 1. The molecule has 0 bridgehead atoms. The third-order valence-electron chi connectivity index (χ3n) is 11.3. The highest BCUT2D eigenvalue weighted by Gasteiger charge is 2.74. The van der Waals surface area contributed by atoms with E-state index in [4.69, 9.17) is 25.6 Å². The van der Waals surface area contributed by atoms with Crippen molar-refractivity contribution in [3.63, 3.8) is 0 Å². The van der Waals surface area contributed by atoms with Crippen LogP contribution in [0.1, 0.15) is 68.3 Å². The molecule has 0 amide bonds. The van der Waals surface area contributed by atoms with Crippen LogP contribution in [0.25, 0.3) is 0 Å². The van der Waals surface area contributed by atoms with Gasteiger partial charge in [0.2, 0.25) is 5.78 Å². The molecule has 0 aliphatic heterocycles. The lowest BCUT2D eigenvalue weighted by Gasteiger charge is -2.62. The average Bonchev–Trinajstić information content (AvgIpc) is 3.32. The number of esters is 2. The van der Waals surface area contributed by atoms with E-state index in [0.29, 0.717) is 37.7 Å². The largest absolute Gasteiger partial charge is 0.460 e. The standard InChI is InChI=1S/C34H43FN2O11/c1-31-13-11-23(38)16-22(31)9-10-25-24-12-14-33(43,32(24,2)17-27(39)34(25,31)35)28(40)19-47-30(42)26(36)18-46-29(41)21-7-5-20(6-8-21)4-3-15-48-37(44)45/h5-8,11,13,16,24-27,39,43-45H,3-4,9-10,12,14-15,17-19,36H2,1-2H3/t24?,25-,26?,27-,31-,32-,33?,34?/m0/s1. The molecule has 0 radical (unpaired) electrons. The summed E-state index contributed by atoms with van der Waals surface area (Å²) >= 11 is 0. The van der Waals surface area contributed by atoms with Gasteiger partial charge in [-0.1, -0.05) is 30.7 Å². The monoisotopic (exact) mass is 674 g/mol. The van der Waals surface area contributed by atoms with E-state index >= 15 is 4.39 Å². The van der Waals surface area contributed by atoms with Gasteiger partial charge in [0, 0.05) is 16.7 Å². The second kappa shape index (κ2) is 13.5. The molecule has 1 aromatic carbocycles. The number of hydrogen-bond donors (Lipinski definition) is 5. The molecule has 8 atom stereocenters. The van der Waals surface area contributed by atoms with Gasteiger partial charge in [-0.05, 0) is 87.6 Å². The molecule has 1 aromatic rings. The van der Waals surface area contributed by atoms with Crippen LogP contribution in [-0.2, 0) is 35.1 Å². The fourth-order valence-electron chi connectivity index (χ4n) is 8.58. The molecule has 0 spiro atoms. The number of rotatable bonds is 12. The highest BCUT2D eigenvalue weighted by atomic mass is 19.1. The number of halogens is 1. The van der Waals surface area contributed by atoms with Crippen LogP contribution in [0.3, 0.4) is 0 Å².